The van der Waals surface area contributed by atoms with E-state index >= 15 is 0 Å². The second-order valence-corrected chi connectivity index (χ2v) is 10.1. The number of aliphatic hydroxyl groups is 2. The molecule has 4 atom stereocenters. The van der Waals surface area contributed by atoms with Crippen molar-refractivity contribution in [3.63, 3.8) is 0 Å². The fraction of sp³-hybridized carbons (Fsp3) is 0.625. The van der Waals surface area contributed by atoms with Crippen LogP contribution in [0, 0.1) is 11.8 Å². The average molecular weight is 569 g/mol. The Labute approximate surface area is 221 Å². The smallest absolute Gasteiger partial charge is 0.391 e. The summed E-state index contributed by atoms with van der Waals surface area (Å²) in [6, 6.07) is 1.02. The van der Waals surface area contributed by atoms with Gasteiger partial charge in [-0.05, 0) is 43.2 Å². The Hall–Kier alpha value is -2.51. The summed E-state index contributed by atoms with van der Waals surface area (Å²) >= 11 is 6.43. The number of carbonyl (C=O) groups is 1. The van der Waals surface area contributed by atoms with E-state index in [-0.39, 0.29) is 53.4 Å². The topological polar surface area (TPSA) is 110 Å². The van der Waals surface area contributed by atoms with Crippen molar-refractivity contribution in [1.82, 2.24) is 19.9 Å². The van der Waals surface area contributed by atoms with Crippen molar-refractivity contribution < 1.29 is 41.7 Å². The number of imidazole rings is 1. The van der Waals surface area contributed by atoms with Crippen molar-refractivity contribution >= 4 is 17.5 Å². The summed E-state index contributed by atoms with van der Waals surface area (Å²) in [6.07, 6.45) is -3.48. The number of rotatable bonds is 9. The predicted octanol–water partition coefficient (Wildman–Crippen LogP) is 4.47. The van der Waals surface area contributed by atoms with Crippen LogP contribution >= 0.6 is 11.6 Å². The highest BCUT2D eigenvalue weighted by molar-refractivity contribution is 6.32. The van der Waals surface area contributed by atoms with Gasteiger partial charge in [0.2, 0.25) is 0 Å². The normalized spacial score (nSPS) is 22.9. The predicted molar refractivity (Wildman–Crippen MR) is 128 cm³/mol. The Morgan fingerprint density at radius 3 is 2.66 bits per heavy atom. The first-order valence-corrected chi connectivity index (χ1v) is 12.5. The van der Waals surface area contributed by atoms with E-state index in [2.05, 4.69) is 20.0 Å². The molecule has 2 aromatic heterocycles. The average Bonchev–Trinajstić information content (AvgIpc) is 3.15. The monoisotopic (exact) mass is 568 g/mol. The van der Waals surface area contributed by atoms with E-state index in [1.165, 1.54) is 0 Å². The van der Waals surface area contributed by atoms with Gasteiger partial charge in [0.25, 0.3) is 5.91 Å². The van der Waals surface area contributed by atoms with Crippen LogP contribution in [-0.4, -0.2) is 61.7 Å². The number of hydrogen-bond acceptors (Lipinski definition) is 6. The molecule has 0 aromatic carbocycles. The molecule has 212 valence electrons. The van der Waals surface area contributed by atoms with Crippen LogP contribution in [0.5, 0.6) is 5.75 Å². The summed E-state index contributed by atoms with van der Waals surface area (Å²) in [5, 5.41) is 23.3. The highest BCUT2D eigenvalue weighted by Crippen LogP contribution is 2.34. The molecule has 0 aliphatic heterocycles. The van der Waals surface area contributed by atoms with E-state index in [0.29, 0.717) is 12.8 Å². The van der Waals surface area contributed by atoms with E-state index in [9.17, 15) is 37.0 Å². The number of aliphatic hydroxyl groups excluding tert-OH is 1. The summed E-state index contributed by atoms with van der Waals surface area (Å²) < 4.78 is 71.0. The lowest BCUT2D eigenvalue weighted by Gasteiger charge is -2.39. The lowest BCUT2D eigenvalue weighted by atomic mass is 9.77. The van der Waals surface area contributed by atoms with Crippen LogP contribution in [0.4, 0.5) is 22.0 Å². The first-order valence-electron chi connectivity index (χ1n) is 12.1. The Kier molecular flexibility index (Phi) is 9.25. The second-order valence-electron chi connectivity index (χ2n) is 9.73. The quantitative estimate of drug-likeness (QED) is 0.385. The standard InChI is InChI=1S/C24H30ClF5N4O4/c1-4-17-33-18(21(36)32-11-23(37)6-5-12(2)7-16(23)35)19(25)34(17)20-15(38-22(26)27)9-14(10-31-20)8-13(3)24(28,29)30/h9-10,12-13,16,22,35,37H,4-8,11H2,1-3H3,(H,32,36)/t12-,13?,16-,23-/m0/s1. The molecule has 0 spiro atoms. The molecule has 1 fully saturated rings. The molecule has 2 heterocycles. The number of ether oxygens (including phenoxy) is 1. The molecule has 1 aliphatic carbocycles. The molecule has 3 N–H and O–H groups in total. The molecule has 0 radical (unpaired) electrons. The number of aromatic nitrogens is 3. The van der Waals surface area contributed by atoms with Crippen molar-refractivity contribution in [3.05, 3.63) is 34.5 Å². The van der Waals surface area contributed by atoms with Crippen molar-refractivity contribution in [1.29, 1.82) is 0 Å². The van der Waals surface area contributed by atoms with Crippen molar-refractivity contribution in [2.75, 3.05) is 6.54 Å². The van der Waals surface area contributed by atoms with Crippen LogP contribution < -0.4 is 10.1 Å². The summed E-state index contributed by atoms with van der Waals surface area (Å²) in [5.74, 6) is -2.99. The van der Waals surface area contributed by atoms with Gasteiger partial charge >= 0.3 is 12.8 Å². The summed E-state index contributed by atoms with van der Waals surface area (Å²) in [4.78, 5) is 21.1. The second kappa shape index (κ2) is 11.7. The van der Waals surface area contributed by atoms with Gasteiger partial charge in [0.1, 0.15) is 16.6 Å². The van der Waals surface area contributed by atoms with Gasteiger partial charge in [0.05, 0.1) is 12.0 Å². The maximum atomic E-state index is 13.2. The number of alkyl halides is 5. The molecule has 1 unspecified atom stereocenters. The largest absolute Gasteiger partial charge is 0.431 e. The van der Waals surface area contributed by atoms with E-state index in [0.717, 1.165) is 23.8 Å². The van der Waals surface area contributed by atoms with E-state index < -0.39 is 48.5 Å². The first-order chi connectivity index (χ1) is 17.7. The minimum Gasteiger partial charge on any atom is -0.431 e. The van der Waals surface area contributed by atoms with Crippen LogP contribution in [0.15, 0.2) is 12.3 Å². The fourth-order valence-corrected chi connectivity index (χ4v) is 4.66. The minimum absolute atomic E-state index is 0.00933. The molecule has 2 aromatic rings. The number of nitrogens with one attached hydrogen (secondary N) is 1. The summed E-state index contributed by atoms with van der Waals surface area (Å²) in [5.41, 5.74) is -1.81. The Balaban J connectivity index is 1.92. The lowest BCUT2D eigenvalue weighted by molar-refractivity contribution is -0.169. The van der Waals surface area contributed by atoms with Crippen molar-refractivity contribution in [3.8, 4) is 11.6 Å². The SMILES string of the molecule is CCc1nc(C(=O)NC[C@@]2(O)CC[C@H](C)C[C@@H]2O)c(Cl)n1-c1ncc(CC(C)C(F)(F)F)cc1OC(F)F. The van der Waals surface area contributed by atoms with Crippen LogP contribution in [0.3, 0.4) is 0 Å². The fourth-order valence-electron chi connectivity index (χ4n) is 4.36. The van der Waals surface area contributed by atoms with Crippen LogP contribution in [0.25, 0.3) is 5.82 Å². The number of pyridine rings is 1. The molecule has 0 bridgehead atoms. The molecule has 14 heteroatoms. The van der Waals surface area contributed by atoms with E-state index in [1.807, 2.05) is 6.92 Å². The Morgan fingerprint density at radius 1 is 1.39 bits per heavy atom. The number of carbonyl (C=O) groups excluding carboxylic acids is 1. The maximum absolute atomic E-state index is 13.2. The van der Waals surface area contributed by atoms with Crippen molar-refractivity contribution in [2.45, 2.75) is 77.4 Å². The number of halogens is 6. The van der Waals surface area contributed by atoms with Gasteiger partial charge in [-0.1, -0.05) is 32.4 Å². The maximum Gasteiger partial charge on any atom is 0.391 e. The van der Waals surface area contributed by atoms with Crippen LogP contribution in [-0.2, 0) is 12.8 Å². The van der Waals surface area contributed by atoms with Crippen LogP contribution in [0.1, 0.15) is 61.9 Å². The van der Waals surface area contributed by atoms with Crippen molar-refractivity contribution in [2.24, 2.45) is 11.8 Å². The zero-order chi connectivity index (χ0) is 28.4. The highest BCUT2D eigenvalue weighted by Gasteiger charge is 2.41. The Bertz CT molecular complexity index is 1150. The van der Waals surface area contributed by atoms with Gasteiger partial charge in [-0.3, -0.25) is 9.36 Å². The Morgan fingerprint density at radius 2 is 2.08 bits per heavy atom. The molecule has 1 aliphatic rings. The van der Waals surface area contributed by atoms with Crippen LogP contribution in [0.2, 0.25) is 5.15 Å². The molecule has 8 nitrogen and oxygen atoms in total. The van der Waals surface area contributed by atoms with Gasteiger partial charge in [-0.15, -0.1) is 0 Å². The minimum atomic E-state index is -4.49. The third-order valence-corrected chi connectivity index (χ3v) is 7.06. The molecule has 38 heavy (non-hydrogen) atoms. The van der Waals surface area contributed by atoms with Gasteiger partial charge in [0, 0.05) is 19.2 Å². The van der Waals surface area contributed by atoms with E-state index in [4.69, 9.17) is 11.6 Å². The lowest BCUT2D eigenvalue weighted by Crippen LogP contribution is -2.54. The number of hydrogen-bond donors (Lipinski definition) is 3. The summed E-state index contributed by atoms with van der Waals surface area (Å²) in [6.45, 7) is 0.980. The molecule has 1 saturated carbocycles. The molecule has 3 rings (SSSR count). The third kappa shape index (κ3) is 6.73. The van der Waals surface area contributed by atoms with Gasteiger partial charge in [-0.25, -0.2) is 9.97 Å². The van der Waals surface area contributed by atoms with E-state index in [1.54, 1.807) is 6.92 Å². The zero-order valence-corrected chi connectivity index (χ0v) is 21.8. The highest BCUT2D eigenvalue weighted by atomic mass is 35.5. The summed E-state index contributed by atoms with van der Waals surface area (Å²) in [7, 11) is 0. The number of aryl methyl sites for hydroxylation is 1. The number of amides is 1. The zero-order valence-electron chi connectivity index (χ0n) is 21.0. The van der Waals surface area contributed by atoms with Gasteiger partial charge in [0.15, 0.2) is 17.3 Å². The van der Waals surface area contributed by atoms with Gasteiger partial charge in [-0.2, -0.15) is 22.0 Å². The third-order valence-electron chi connectivity index (χ3n) is 6.71. The molecule has 0 saturated heterocycles. The first kappa shape index (κ1) is 30.0. The number of nitrogens with zero attached hydrogens (tertiary/aromatic N) is 3. The molecule has 1 amide bonds. The molecular weight excluding hydrogens is 539 g/mol. The molecular formula is C24H30ClF5N4O4. The van der Waals surface area contributed by atoms with Gasteiger partial charge < -0.3 is 20.3 Å².